The molecule has 1 aromatic heterocycles. The zero-order chi connectivity index (χ0) is 14.9. The van der Waals surface area contributed by atoms with Crippen LogP contribution in [0.4, 0.5) is 13.2 Å². The molecule has 0 aromatic carbocycles. The SMILES string of the molecule is FC(F)(F)c1ccnc(OCC2CC3(CCNCC3)C2)c1. The Morgan fingerprint density at radius 3 is 2.67 bits per heavy atom. The average Bonchev–Trinajstić information content (AvgIpc) is 2.43. The Kier molecular flexibility index (Phi) is 3.82. The predicted octanol–water partition coefficient (Wildman–Crippen LogP) is 3.26. The van der Waals surface area contributed by atoms with Crippen molar-refractivity contribution >= 4 is 0 Å². The van der Waals surface area contributed by atoms with Crippen LogP contribution >= 0.6 is 0 Å². The van der Waals surface area contributed by atoms with Crippen molar-refractivity contribution in [2.75, 3.05) is 19.7 Å². The summed E-state index contributed by atoms with van der Waals surface area (Å²) in [7, 11) is 0. The van der Waals surface area contributed by atoms with Gasteiger partial charge in [-0.25, -0.2) is 4.98 Å². The van der Waals surface area contributed by atoms with E-state index in [0.29, 0.717) is 17.9 Å². The number of alkyl halides is 3. The number of pyridine rings is 1. The first-order valence-corrected chi connectivity index (χ1v) is 7.34. The summed E-state index contributed by atoms with van der Waals surface area (Å²) in [6.07, 6.45) is 1.43. The van der Waals surface area contributed by atoms with Crippen LogP contribution in [0.1, 0.15) is 31.2 Å². The van der Waals surface area contributed by atoms with Crippen LogP contribution in [0.5, 0.6) is 5.88 Å². The first-order valence-electron chi connectivity index (χ1n) is 7.34. The summed E-state index contributed by atoms with van der Waals surface area (Å²) >= 11 is 0. The van der Waals surface area contributed by atoms with Gasteiger partial charge in [0.25, 0.3) is 0 Å². The van der Waals surface area contributed by atoms with Crippen molar-refractivity contribution in [1.82, 2.24) is 10.3 Å². The van der Waals surface area contributed by atoms with Crippen molar-refractivity contribution in [3.8, 4) is 5.88 Å². The summed E-state index contributed by atoms with van der Waals surface area (Å²) in [5.41, 5.74) is -0.253. The maximum Gasteiger partial charge on any atom is 0.416 e. The van der Waals surface area contributed by atoms with Gasteiger partial charge in [0.15, 0.2) is 0 Å². The van der Waals surface area contributed by atoms with E-state index in [1.54, 1.807) is 0 Å². The van der Waals surface area contributed by atoms with E-state index in [2.05, 4.69) is 10.3 Å². The van der Waals surface area contributed by atoms with Gasteiger partial charge in [-0.2, -0.15) is 13.2 Å². The summed E-state index contributed by atoms with van der Waals surface area (Å²) in [6, 6.07) is 1.93. The molecule has 1 saturated heterocycles. The van der Waals surface area contributed by atoms with E-state index in [1.807, 2.05) is 0 Å². The molecular formula is C15H19F3N2O. The van der Waals surface area contributed by atoms with Gasteiger partial charge in [-0.3, -0.25) is 0 Å². The molecule has 3 nitrogen and oxygen atoms in total. The normalized spacial score (nSPS) is 22.0. The Morgan fingerprint density at radius 1 is 1.29 bits per heavy atom. The van der Waals surface area contributed by atoms with Crippen molar-refractivity contribution in [3.05, 3.63) is 23.9 Å². The molecule has 1 N–H and O–H groups in total. The van der Waals surface area contributed by atoms with E-state index in [-0.39, 0.29) is 5.88 Å². The third-order valence-electron chi connectivity index (χ3n) is 4.64. The lowest BCUT2D eigenvalue weighted by atomic mass is 9.58. The molecule has 2 heterocycles. The number of piperidine rings is 1. The number of halogens is 3. The highest BCUT2D eigenvalue weighted by molar-refractivity contribution is 5.23. The van der Waals surface area contributed by atoms with Gasteiger partial charge in [0.2, 0.25) is 5.88 Å². The molecule has 3 rings (SSSR count). The Bertz CT molecular complexity index is 490. The zero-order valence-corrected chi connectivity index (χ0v) is 11.7. The van der Waals surface area contributed by atoms with Crippen LogP contribution in [0.2, 0.25) is 0 Å². The summed E-state index contributed by atoms with van der Waals surface area (Å²) in [5, 5.41) is 3.35. The van der Waals surface area contributed by atoms with Gasteiger partial charge in [0.1, 0.15) is 0 Å². The monoisotopic (exact) mass is 300 g/mol. The standard InChI is InChI=1S/C15H19F3N2O/c16-15(17,18)12-1-4-20-13(7-12)21-10-11-8-14(9-11)2-5-19-6-3-14/h1,4,7,11,19H,2-3,5-6,8-10H2. The summed E-state index contributed by atoms with van der Waals surface area (Å²) in [5.74, 6) is 0.510. The fourth-order valence-electron chi connectivity index (χ4n) is 3.52. The minimum Gasteiger partial charge on any atom is -0.477 e. The molecule has 6 heteroatoms. The average molecular weight is 300 g/mol. The third-order valence-corrected chi connectivity index (χ3v) is 4.64. The summed E-state index contributed by atoms with van der Waals surface area (Å²) in [6.45, 7) is 2.61. The Labute approximate surface area is 121 Å². The molecule has 116 valence electrons. The molecule has 1 spiro atoms. The summed E-state index contributed by atoms with van der Waals surface area (Å²) < 4.78 is 43.2. The molecule has 0 unspecified atom stereocenters. The predicted molar refractivity (Wildman–Crippen MR) is 72.0 cm³/mol. The molecule has 0 radical (unpaired) electrons. The topological polar surface area (TPSA) is 34.1 Å². The van der Waals surface area contributed by atoms with Crippen LogP contribution in [0.3, 0.4) is 0 Å². The van der Waals surface area contributed by atoms with E-state index >= 15 is 0 Å². The van der Waals surface area contributed by atoms with Crippen LogP contribution in [0.15, 0.2) is 18.3 Å². The highest BCUT2D eigenvalue weighted by Crippen LogP contribution is 2.51. The smallest absolute Gasteiger partial charge is 0.416 e. The quantitative estimate of drug-likeness (QED) is 0.930. The van der Waals surface area contributed by atoms with Crippen LogP contribution in [0, 0.1) is 11.3 Å². The van der Waals surface area contributed by atoms with Gasteiger partial charge in [-0.1, -0.05) is 0 Å². The number of hydrogen-bond acceptors (Lipinski definition) is 3. The number of aromatic nitrogens is 1. The molecule has 0 atom stereocenters. The van der Waals surface area contributed by atoms with Crippen LogP contribution in [-0.4, -0.2) is 24.7 Å². The lowest BCUT2D eigenvalue weighted by Gasteiger charge is -2.50. The second-order valence-corrected chi connectivity index (χ2v) is 6.22. The number of nitrogens with one attached hydrogen (secondary N) is 1. The number of nitrogens with zero attached hydrogens (tertiary/aromatic N) is 1. The molecule has 2 fully saturated rings. The largest absolute Gasteiger partial charge is 0.477 e. The molecule has 0 bridgehead atoms. The van der Waals surface area contributed by atoms with Crippen molar-refractivity contribution in [2.24, 2.45) is 11.3 Å². The zero-order valence-electron chi connectivity index (χ0n) is 11.7. The van der Waals surface area contributed by atoms with Crippen molar-refractivity contribution in [3.63, 3.8) is 0 Å². The van der Waals surface area contributed by atoms with E-state index in [1.165, 1.54) is 12.8 Å². The first kappa shape index (κ1) is 14.6. The summed E-state index contributed by atoms with van der Waals surface area (Å²) in [4.78, 5) is 3.86. The van der Waals surface area contributed by atoms with Gasteiger partial charge >= 0.3 is 6.18 Å². The van der Waals surface area contributed by atoms with Gasteiger partial charge in [0.05, 0.1) is 12.2 Å². The highest BCUT2D eigenvalue weighted by atomic mass is 19.4. The van der Waals surface area contributed by atoms with Crippen molar-refractivity contribution in [2.45, 2.75) is 31.9 Å². The molecule has 1 aromatic rings. The van der Waals surface area contributed by atoms with Gasteiger partial charge in [-0.05, 0) is 56.2 Å². The second-order valence-electron chi connectivity index (χ2n) is 6.22. The minimum absolute atomic E-state index is 0.0658. The Hall–Kier alpha value is -1.30. The van der Waals surface area contributed by atoms with Crippen molar-refractivity contribution in [1.29, 1.82) is 0 Å². The van der Waals surface area contributed by atoms with E-state index in [0.717, 1.165) is 44.3 Å². The number of ether oxygens (including phenoxy) is 1. The second kappa shape index (κ2) is 5.48. The van der Waals surface area contributed by atoms with Gasteiger partial charge in [0, 0.05) is 12.3 Å². The number of rotatable bonds is 3. The lowest BCUT2D eigenvalue weighted by Crippen LogP contribution is -2.46. The van der Waals surface area contributed by atoms with Crippen molar-refractivity contribution < 1.29 is 17.9 Å². The maximum atomic E-state index is 12.6. The first-order chi connectivity index (χ1) is 9.97. The van der Waals surface area contributed by atoms with Gasteiger partial charge < -0.3 is 10.1 Å². The highest BCUT2D eigenvalue weighted by Gasteiger charge is 2.44. The minimum atomic E-state index is -4.35. The maximum absolute atomic E-state index is 12.6. The van der Waals surface area contributed by atoms with Crippen LogP contribution < -0.4 is 10.1 Å². The third kappa shape index (κ3) is 3.31. The lowest BCUT2D eigenvalue weighted by molar-refractivity contribution is -0.137. The fourth-order valence-corrected chi connectivity index (χ4v) is 3.52. The molecule has 1 saturated carbocycles. The molecule has 2 aliphatic rings. The Morgan fingerprint density at radius 2 is 2.00 bits per heavy atom. The molecule has 1 aliphatic heterocycles. The van der Waals surface area contributed by atoms with Crippen LogP contribution in [0.25, 0.3) is 0 Å². The molecule has 0 amide bonds. The van der Waals surface area contributed by atoms with Crippen LogP contribution in [-0.2, 0) is 6.18 Å². The molecule has 21 heavy (non-hydrogen) atoms. The van der Waals surface area contributed by atoms with E-state index < -0.39 is 11.7 Å². The van der Waals surface area contributed by atoms with E-state index in [9.17, 15) is 13.2 Å². The van der Waals surface area contributed by atoms with E-state index in [4.69, 9.17) is 4.74 Å². The number of hydrogen-bond donors (Lipinski definition) is 1. The fraction of sp³-hybridized carbons (Fsp3) is 0.667. The Balaban J connectivity index is 1.50. The molecule has 1 aliphatic carbocycles. The van der Waals surface area contributed by atoms with Gasteiger partial charge in [-0.15, -0.1) is 0 Å². The molecular weight excluding hydrogens is 281 g/mol.